The van der Waals surface area contributed by atoms with E-state index in [0.29, 0.717) is 19.6 Å². The van der Waals surface area contributed by atoms with Crippen LogP contribution in [0.15, 0.2) is 24.3 Å². The molecule has 108 valence electrons. The Hall–Kier alpha value is -1.11. The molecule has 0 aliphatic carbocycles. The van der Waals surface area contributed by atoms with Crippen molar-refractivity contribution in [3.8, 4) is 5.75 Å². The number of sulfonamides is 1. The largest absolute Gasteiger partial charge is 0.497 e. The van der Waals surface area contributed by atoms with Crippen molar-refractivity contribution in [1.82, 2.24) is 0 Å². The van der Waals surface area contributed by atoms with Gasteiger partial charge in [-0.3, -0.25) is 0 Å². The van der Waals surface area contributed by atoms with Crippen molar-refractivity contribution in [2.45, 2.75) is 20.0 Å². The van der Waals surface area contributed by atoms with Crippen LogP contribution < -0.4 is 9.88 Å². The minimum atomic E-state index is -3.44. The predicted octanol–water partition coefficient (Wildman–Crippen LogP) is 1.53. The minimum Gasteiger partial charge on any atom is -0.497 e. The summed E-state index contributed by atoms with van der Waals surface area (Å²) in [4.78, 5) is 0. The van der Waals surface area contributed by atoms with E-state index < -0.39 is 10.0 Å². The molecule has 0 aliphatic heterocycles. The van der Waals surface area contributed by atoms with Crippen LogP contribution in [0.2, 0.25) is 0 Å². The van der Waals surface area contributed by atoms with Crippen LogP contribution in [0.1, 0.15) is 18.9 Å². The van der Waals surface area contributed by atoms with Crippen LogP contribution in [0.25, 0.3) is 0 Å². The van der Waals surface area contributed by atoms with Crippen molar-refractivity contribution < 1.29 is 17.9 Å². The topological polar surface area (TPSA) is 78.6 Å². The predicted molar refractivity (Wildman–Crippen MR) is 74.4 cm³/mol. The number of primary sulfonamides is 1. The summed E-state index contributed by atoms with van der Waals surface area (Å²) in [5.74, 6) is 0.667. The molecule has 0 radical (unpaired) electrons. The Bertz CT molecular complexity index is 487. The number of methoxy groups -OCH3 is 1. The Kier molecular flexibility index (Phi) is 6.27. The normalized spacial score (nSPS) is 13.2. The summed E-state index contributed by atoms with van der Waals surface area (Å²) < 4.78 is 32.7. The number of hydrogen-bond acceptors (Lipinski definition) is 4. The smallest absolute Gasteiger partial charge is 0.209 e. The summed E-state index contributed by atoms with van der Waals surface area (Å²) in [5, 5.41) is 5.03. The fourth-order valence-electron chi connectivity index (χ4n) is 1.72. The molecule has 19 heavy (non-hydrogen) atoms. The molecule has 0 heterocycles. The van der Waals surface area contributed by atoms with Crippen LogP contribution in [0.5, 0.6) is 5.75 Å². The molecule has 1 rings (SSSR count). The van der Waals surface area contributed by atoms with E-state index in [1.165, 1.54) is 0 Å². The van der Waals surface area contributed by atoms with Crippen molar-refractivity contribution in [3.05, 3.63) is 29.8 Å². The third-order valence-electron chi connectivity index (χ3n) is 2.80. The second-order valence-electron chi connectivity index (χ2n) is 4.47. The average Bonchev–Trinajstić information content (AvgIpc) is 2.36. The van der Waals surface area contributed by atoms with Crippen molar-refractivity contribution in [3.63, 3.8) is 0 Å². The van der Waals surface area contributed by atoms with Gasteiger partial charge >= 0.3 is 0 Å². The molecule has 0 bridgehead atoms. The zero-order valence-electron chi connectivity index (χ0n) is 11.3. The Morgan fingerprint density at radius 1 is 1.37 bits per heavy atom. The molecule has 1 atom stereocenters. The van der Waals surface area contributed by atoms with E-state index in [-0.39, 0.29) is 11.7 Å². The highest BCUT2D eigenvalue weighted by molar-refractivity contribution is 7.89. The van der Waals surface area contributed by atoms with Crippen LogP contribution in [0.4, 0.5) is 0 Å². The Morgan fingerprint density at radius 3 is 2.68 bits per heavy atom. The van der Waals surface area contributed by atoms with Gasteiger partial charge in [-0.05, 0) is 23.6 Å². The summed E-state index contributed by atoms with van der Waals surface area (Å²) in [7, 11) is -1.83. The molecular weight excluding hydrogens is 266 g/mol. The third kappa shape index (κ3) is 6.56. The zero-order valence-corrected chi connectivity index (χ0v) is 12.2. The van der Waals surface area contributed by atoms with E-state index in [9.17, 15) is 8.42 Å². The SMILES string of the molecule is CCC(COCc1cccc(OC)c1)CS(N)(=O)=O. The van der Waals surface area contributed by atoms with E-state index in [1.54, 1.807) is 7.11 Å². The van der Waals surface area contributed by atoms with Crippen molar-refractivity contribution in [1.29, 1.82) is 0 Å². The molecule has 0 amide bonds. The first-order valence-electron chi connectivity index (χ1n) is 6.15. The highest BCUT2D eigenvalue weighted by Crippen LogP contribution is 2.14. The van der Waals surface area contributed by atoms with Gasteiger partial charge in [0.1, 0.15) is 5.75 Å². The van der Waals surface area contributed by atoms with E-state index in [4.69, 9.17) is 14.6 Å². The Labute approximate surface area is 114 Å². The van der Waals surface area contributed by atoms with Gasteiger partial charge in [-0.2, -0.15) is 0 Å². The van der Waals surface area contributed by atoms with Gasteiger partial charge in [-0.15, -0.1) is 0 Å². The molecule has 5 nitrogen and oxygen atoms in total. The minimum absolute atomic E-state index is 0.0401. The standard InChI is InChI=1S/C13H21NO4S/c1-3-11(10-19(14,15)16)8-18-9-12-5-4-6-13(7-12)17-2/h4-7,11H,3,8-10H2,1-2H3,(H2,14,15,16). The summed E-state index contributed by atoms with van der Waals surface area (Å²) in [5.41, 5.74) is 0.991. The zero-order chi connectivity index (χ0) is 14.3. The van der Waals surface area contributed by atoms with Gasteiger partial charge < -0.3 is 9.47 Å². The molecule has 0 spiro atoms. The number of nitrogens with two attached hydrogens (primary N) is 1. The summed E-state index contributed by atoms with van der Waals surface area (Å²) >= 11 is 0. The number of benzene rings is 1. The maximum absolute atomic E-state index is 11.0. The van der Waals surface area contributed by atoms with Gasteiger partial charge in [-0.1, -0.05) is 25.5 Å². The van der Waals surface area contributed by atoms with Crippen LogP contribution in [0, 0.1) is 5.92 Å². The van der Waals surface area contributed by atoms with E-state index in [1.807, 2.05) is 31.2 Å². The highest BCUT2D eigenvalue weighted by atomic mass is 32.2. The number of hydrogen-bond donors (Lipinski definition) is 1. The van der Waals surface area contributed by atoms with E-state index in [0.717, 1.165) is 11.3 Å². The number of rotatable bonds is 8. The molecule has 0 fully saturated rings. The molecule has 6 heteroatoms. The maximum atomic E-state index is 11.0. The lowest BCUT2D eigenvalue weighted by Crippen LogP contribution is -2.25. The van der Waals surface area contributed by atoms with Crippen LogP contribution in [-0.4, -0.2) is 27.9 Å². The lowest BCUT2D eigenvalue weighted by Gasteiger charge is -2.14. The molecular formula is C13H21NO4S. The quantitative estimate of drug-likeness (QED) is 0.786. The summed E-state index contributed by atoms with van der Waals surface area (Å²) in [6.07, 6.45) is 0.717. The lowest BCUT2D eigenvalue weighted by atomic mass is 10.1. The Morgan fingerprint density at radius 2 is 2.11 bits per heavy atom. The lowest BCUT2D eigenvalue weighted by molar-refractivity contribution is 0.0917. The van der Waals surface area contributed by atoms with Gasteiger partial charge in [0, 0.05) is 0 Å². The molecule has 0 aromatic heterocycles. The van der Waals surface area contributed by atoms with Crippen molar-refractivity contribution >= 4 is 10.0 Å². The molecule has 1 unspecified atom stereocenters. The van der Waals surface area contributed by atoms with Gasteiger partial charge in [0.15, 0.2) is 0 Å². The molecule has 0 aliphatic rings. The fraction of sp³-hybridized carbons (Fsp3) is 0.538. The Balaban J connectivity index is 2.43. The highest BCUT2D eigenvalue weighted by Gasteiger charge is 2.14. The van der Waals surface area contributed by atoms with Crippen LogP contribution >= 0.6 is 0 Å². The van der Waals surface area contributed by atoms with Gasteiger partial charge in [0.05, 0.1) is 26.1 Å². The first-order chi connectivity index (χ1) is 8.94. The second-order valence-corrected chi connectivity index (χ2v) is 6.13. The number of ether oxygens (including phenoxy) is 2. The molecule has 1 aromatic carbocycles. The van der Waals surface area contributed by atoms with Gasteiger partial charge in [0.2, 0.25) is 10.0 Å². The van der Waals surface area contributed by atoms with Gasteiger partial charge in [-0.25, -0.2) is 13.6 Å². The van der Waals surface area contributed by atoms with Crippen molar-refractivity contribution in [2.75, 3.05) is 19.5 Å². The monoisotopic (exact) mass is 287 g/mol. The summed E-state index contributed by atoms with van der Waals surface area (Å²) in [6.45, 7) is 2.73. The summed E-state index contributed by atoms with van der Waals surface area (Å²) in [6, 6.07) is 7.57. The second kappa shape index (κ2) is 7.47. The van der Waals surface area contributed by atoms with Gasteiger partial charge in [0.25, 0.3) is 0 Å². The molecule has 0 saturated heterocycles. The van der Waals surface area contributed by atoms with E-state index in [2.05, 4.69) is 0 Å². The van der Waals surface area contributed by atoms with Crippen molar-refractivity contribution in [2.24, 2.45) is 11.1 Å². The van der Waals surface area contributed by atoms with Crippen LogP contribution in [-0.2, 0) is 21.4 Å². The van der Waals surface area contributed by atoms with Crippen LogP contribution in [0.3, 0.4) is 0 Å². The van der Waals surface area contributed by atoms with E-state index >= 15 is 0 Å². The molecule has 2 N–H and O–H groups in total. The first-order valence-corrected chi connectivity index (χ1v) is 7.87. The maximum Gasteiger partial charge on any atom is 0.209 e. The molecule has 0 saturated carbocycles. The third-order valence-corrected chi connectivity index (χ3v) is 3.74. The fourth-order valence-corrected chi connectivity index (χ4v) is 2.71. The first kappa shape index (κ1) is 15.9. The molecule has 1 aromatic rings. The average molecular weight is 287 g/mol.